The van der Waals surface area contributed by atoms with Crippen molar-refractivity contribution >= 4 is 34.4 Å². The molecule has 0 bridgehead atoms. The Labute approximate surface area is 170 Å². The number of anilines is 1. The van der Waals surface area contributed by atoms with Crippen LogP contribution in [0.5, 0.6) is 0 Å². The van der Waals surface area contributed by atoms with Crippen LogP contribution in [0.4, 0.5) is 5.69 Å². The minimum atomic E-state index is -0.446. The van der Waals surface area contributed by atoms with Crippen molar-refractivity contribution in [2.45, 2.75) is 20.4 Å². The van der Waals surface area contributed by atoms with Crippen LogP contribution in [0.2, 0.25) is 5.02 Å². The molecular formula is C20H17ClN6O2. The van der Waals surface area contributed by atoms with E-state index in [4.69, 9.17) is 11.6 Å². The van der Waals surface area contributed by atoms with E-state index < -0.39 is 5.56 Å². The highest BCUT2D eigenvalue weighted by atomic mass is 35.5. The molecule has 0 aliphatic heterocycles. The van der Waals surface area contributed by atoms with Gasteiger partial charge in [0.15, 0.2) is 11.2 Å². The fraction of sp³-hybridized carbons (Fsp3) is 0.150. The van der Waals surface area contributed by atoms with Crippen LogP contribution >= 0.6 is 11.6 Å². The number of benzene rings is 2. The number of amides is 1. The van der Waals surface area contributed by atoms with E-state index in [-0.39, 0.29) is 18.0 Å². The number of carbonyl (C=O) groups is 1. The van der Waals surface area contributed by atoms with E-state index >= 15 is 0 Å². The van der Waals surface area contributed by atoms with Gasteiger partial charge in [0.1, 0.15) is 12.9 Å². The first-order chi connectivity index (χ1) is 13.9. The number of nitrogens with one attached hydrogen (secondary N) is 1. The average molecular weight is 409 g/mol. The molecule has 29 heavy (non-hydrogen) atoms. The Balaban J connectivity index is 1.61. The second kappa shape index (κ2) is 7.48. The minimum absolute atomic E-state index is 0.0762. The van der Waals surface area contributed by atoms with Gasteiger partial charge < -0.3 is 5.32 Å². The molecule has 4 rings (SSSR count). The van der Waals surface area contributed by atoms with Crippen LogP contribution < -0.4 is 10.9 Å². The number of hydrogen-bond donors (Lipinski definition) is 1. The third-order valence-electron chi connectivity index (χ3n) is 4.48. The molecule has 0 spiro atoms. The van der Waals surface area contributed by atoms with Crippen molar-refractivity contribution in [3.8, 4) is 5.69 Å². The molecule has 1 N–H and O–H groups in total. The number of hydrogen-bond acceptors (Lipinski definition) is 5. The van der Waals surface area contributed by atoms with E-state index in [1.165, 1.54) is 15.6 Å². The number of halogens is 1. The third kappa shape index (κ3) is 3.74. The smallest absolute Gasteiger partial charge is 0.284 e. The lowest BCUT2D eigenvalue weighted by Gasteiger charge is -2.08. The first-order valence-electron chi connectivity index (χ1n) is 8.86. The summed E-state index contributed by atoms with van der Waals surface area (Å²) < 4.78 is 2.64. The Hall–Kier alpha value is -3.52. The Kier molecular flexibility index (Phi) is 4.85. The fourth-order valence-corrected chi connectivity index (χ4v) is 3.01. The minimum Gasteiger partial charge on any atom is -0.325 e. The number of aryl methyl sites for hydroxylation is 2. The second-order valence-corrected chi connectivity index (χ2v) is 7.11. The predicted octanol–water partition coefficient (Wildman–Crippen LogP) is 2.89. The zero-order valence-electron chi connectivity index (χ0n) is 15.8. The lowest BCUT2D eigenvalue weighted by atomic mass is 10.2. The summed E-state index contributed by atoms with van der Waals surface area (Å²) in [4.78, 5) is 29.3. The number of fused-ring (bicyclic) bond motifs is 1. The van der Waals surface area contributed by atoms with Gasteiger partial charge in [-0.25, -0.2) is 4.98 Å². The van der Waals surface area contributed by atoms with Crippen molar-refractivity contribution in [3.05, 3.63) is 75.3 Å². The molecule has 2 aromatic heterocycles. The van der Waals surface area contributed by atoms with E-state index in [0.717, 1.165) is 11.1 Å². The number of carbonyl (C=O) groups excluding carboxylic acids is 1. The van der Waals surface area contributed by atoms with Gasteiger partial charge in [0, 0.05) is 10.7 Å². The summed E-state index contributed by atoms with van der Waals surface area (Å²) >= 11 is 6.18. The average Bonchev–Trinajstić information content (AvgIpc) is 3.13. The molecule has 2 heterocycles. The summed E-state index contributed by atoms with van der Waals surface area (Å²) in [7, 11) is 0. The van der Waals surface area contributed by atoms with Crippen molar-refractivity contribution in [2.75, 3.05) is 5.32 Å². The molecule has 4 aromatic rings. The predicted molar refractivity (Wildman–Crippen MR) is 110 cm³/mol. The van der Waals surface area contributed by atoms with E-state index in [1.54, 1.807) is 18.2 Å². The highest BCUT2D eigenvalue weighted by molar-refractivity contribution is 6.31. The number of nitrogens with zero attached hydrogens (tertiary/aromatic N) is 5. The van der Waals surface area contributed by atoms with Crippen LogP contribution in [0, 0.1) is 13.8 Å². The summed E-state index contributed by atoms with van der Waals surface area (Å²) in [5, 5.41) is 11.3. The molecule has 9 heteroatoms. The van der Waals surface area contributed by atoms with Crippen LogP contribution in [0.15, 0.2) is 53.6 Å². The quantitative estimate of drug-likeness (QED) is 0.560. The highest BCUT2D eigenvalue weighted by Crippen LogP contribution is 2.20. The van der Waals surface area contributed by atoms with Crippen LogP contribution in [-0.4, -0.2) is 30.5 Å². The molecule has 0 saturated carbocycles. The molecule has 0 unspecified atom stereocenters. The van der Waals surface area contributed by atoms with Crippen molar-refractivity contribution in [1.29, 1.82) is 0 Å². The van der Waals surface area contributed by atoms with Gasteiger partial charge in [-0.3, -0.25) is 14.2 Å². The molecule has 1 amide bonds. The molecule has 0 aliphatic carbocycles. The van der Waals surface area contributed by atoms with Crippen molar-refractivity contribution in [2.24, 2.45) is 0 Å². The van der Waals surface area contributed by atoms with Gasteiger partial charge in [0.2, 0.25) is 5.91 Å². The standard InChI is InChI=1S/C20H17ClN6O2/c1-12-3-6-14(7-4-12)23-17(28)10-26-11-22-19-18(20(26)29)24-25-27(19)15-8-5-13(2)16(21)9-15/h3-9,11H,10H2,1-2H3,(H,23,28). The highest BCUT2D eigenvalue weighted by Gasteiger charge is 2.15. The largest absolute Gasteiger partial charge is 0.325 e. The maximum atomic E-state index is 12.7. The Morgan fingerprint density at radius 2 is 1.90 bits per heavy atom. The van der Waals surface area contributed by atoms with Gasteiger partial charge >= 0.3 is 0 Å². The first-order valence-corrected chi connectivity index (χ1v) is 9.24. The molecule has 8 nitrogen and oxygen atoms in total. The van der Waals surface area contributed by atoms with Gasteiger partial charge in [-0.05, 0) is 43.7 Å². The molecule has 0 aliphatic rings. The monoisotopic (exact) mass is 408 g/mol. The molecular weight excluding hydrogens is 392 g/mol. The van der Waals surface area contributed by atoms with Gasteiger partial charge in [0.25, 0.3) is 5.56 Å². The van der Waals surface area contributed by atoms with Gasteiger partial charge in [-0.1, -0.05) is 40.6 Å². The molecule has 2 aromatic carbocycles. The van der Waals surface area contributed by atoms with Crippen LogP contribution in [0.1, 0.15) is 11.1 Å². The summed E-state index contributed by atoms with van der Waals surface area (Å²) in [5.41, 5.74) is 3.24. The first kappa shape index (κ1) is 18.8. The lowest BCUT2D eigenvalue weighted by molar-refractivity contribution is -0.116. The Bertz CT molecular complexity index is 1280. The molecule has 0 radical (unpaired) electrons. The topological polar surface area (TPSA) is 94.7 Å². The van der Waals surface area contributed by atoms with Gasteiger partial charge in [-0.15, -0.1) is 5.10 Å². The summed E-state index contributed by atoms with van der Waals surface area (Å²) in [5.74, 6) is -0.338. The Morgan fingerprint density at radius 1 is 1.14 bits per heavy atom. The van der Waals surface area contributed by atoms with E-state index in [2.05, 4.69) is 20.6 Å². The summed E-state index contributed by atoms with van der Waals surface area (Å²) in [6, 6.07) is 12.8. The molecule has 0 fully saturated rings. The van der Waals surface area contributed by atoms with Crippen LogP contribution in [-0.2, 0) is 11.3 Å². The van der Waals surface area contributed by atoms with Crippen molar-refractivity contribution < 1.29 is 4.79 Å². The van der Waals surface area contributed by atoms with E-state index in [0.29, 0.717) is 22.0 Å². The SMILES string of the molecule is Cc1ccc(NC(=O)Cn2cnc3c(nnn3-c3ccc(C)c(Cl)c3)c2=O)cc1. The third-order valence-corrected chi connectivity index (χ3v) is 4.89. The zero-order valence-corrected chi connectivity index (χ0v) is 16.5. The van der Waals surface area contributed by atoms with Gasteiger partial charge in [-0.2, -0.15) is 4.68 Å². The molecule has 0 saturated heterocycles. The lowest BCUT2D eigenvalue weighted by Crippen LogP contribution is -2.28. The van der Waals surface area contributed by atoms with E-state index in [9.17, 15) is 9.59 Å². The fourth-order valence-electron chi connectivity index (χ4n) is 2.84. The van der Waals surface area contributed by atoms with E-state index in [1.807, 2.05) is 38.1 Å². The van der Waals surface area contributed by atoms with Crippen LogP contribution in [0.25, 0.3) is 16.9 Å². The second-order valence-electron chi connectivity index (χ2n) is 6.70. The molecule has 146 valence electrons. The van der Waals surface area contributed by atoms with Crippen molar-refractivity contribution in [3.63, 3.8) is 0 Å². The van der Waals surface area contributed by atoms with Gasteiger partial charge in [0.05, 0.1) is 5.69 Å². The maximum absolute atomic E-state index is 12.7. The number of rotatable bonds is 4. The Morgan fingerprint density at radius 3 is 2.62 bits per heavy atom. The normalized spacial score (nSPS) is 11.0. The summed E-state index contributed by atoms with van der Waals surface area (Å²) in [6.07, 6.45) is 1.31. The number of aromatic nitrogens is 5. The maximum Gasteiger partial charge on any atom is 0.284 e. The van der Waals surface area contributed by atoms with Crippen LogP contribution in [0.3, 0.4) is 0 Å². The zero-order chi connectivity index (χ0) is 20.5. The summed E-state index contributed by atoms with van der Waals surface area (Å²) in [6.45, 7) is 3.67. The van der Waals surface area contributed by atoms with Crippen molar-refractivity contribution in [1.82, 2.24) is 24.5 Å². The molecule has 0 atom stereocenters.